The van der Waals surface area contributed by atoms with Gasteiger partial charge in [-0.2, -0.15) is 0 Å². The van der Waals surface area contributed by atoms with Crippen LogP contribution in [0.25, 0.3) is 0 Å². The summed E-state index contributed by atoms with van der Waals surface area (Å²) in [4.78, 5) is 24.6. The van der Waals surface area contributed by atoms with Crippen LogP contribution in [0.15, 0.2) is 0 Å². The second-order valence-electron chi connectivity index (χ2n) is 7.94. The molecule has 0 heterocycles. The molecule has 1 saturated carbocycles. The molecule has 20 heavy (non-hydrogen) atoms. The summed E-state index contributed by atoms with van der Waals surface area (Å²) in [7, 11) is 0. The summed E-state index contributed by atoms with van der Waals surface area (Å²) in [6.07, 6.45) is 0. The molecule has 0 aliphatic heterocycles. The van der Waals surface area contributed by atoms with E-state index in [1.54, 1.807) is 6.92 Å². The van der Waals surface area contributed by atoms with Gasteiger partial charge in [0.05, 0.1) is 6.61 Å². The molecule has 4 nitrogen and oxygen atoms in total. The lowest BCUT2D eigenvalue weighted by Crippen LogP contribution is -2.45. The van der Waals surface area contributed by atoms with Crippen LogP contribution in [-0.4, -0.2) is 24.5 Å². The van der Waals surface area contributed by atoms with Crippen molar-refractivity contribution in [1.82, 2.24) is 5.32 Å². The average molecular weight is 283 g/mol. The summed E-state index contributed by atoms with van der Waals surface area (Å²) in [5, 5.41) is 3.04. The summed E-state index contributed by atoms with van der Waals surface area (Å²) in [5.41, 5.74) is -0.348. The molecule has 0 aromatic rings. The van der Waals surface area contributed by atoms with Gasteiger partial charge in [-0.15, -0.1) is 0 Å². The van der Waals surface area contributed by atoms with Gasteiger partial charge < -0.3 is 10.1 Å². The first-order chi connectivity index (χ1) is 8.87. The van der Waals surface area contributed by atoms with E-state index in [0.717, 1.165) is 0 Å². The Morgan fingerprint density at radius 1 is 1.15 bits per heavy atom. The third-order valence-corrected chi connectivity index (χ3v) is 4.96. The lowest BCUT2D eigenvalue weighted by Gasteiger charge is -2.28. The second kappa shape index (κ2) is 5.05. The molecule has 0 aromatic carbocycles. The summed E-state index contributed by atoms with van der Waals surface area (Å²) < 4.78 is 5.06. The number of nitrogens with one attached hydrogen (secondary N) is 1. The third kappa shape index (κ3) is 2.84. The largest absolute Gasteiger partial charge is 0.465 e. The number of hydrogen-bond acceptors (Lipinski definition) is 3. The number of rotatable bonds is 4. The van der Waals surface area contributed by atoms with Gasteiger partial charge in [-0.25, -0.2) is 0 Å². The highest BCUT2D eigenvalue weighted by molar-refractivity contribution is 5.99. The second-order valence-corrected chi connectivity index (χ2v) is 7.94. The third-order valence-electron chi connectivity index (χ3n) is 4.96. The zero-order valence-corrected chi connectivity index (χ0v) is 14.1. The van der Waals surface area contributed by atoms with E-state index in [1.165, 1.54) is 0 Å². The van der Waals surface area contributed by atoms with Crippen molar-refractivity contribution in [2.24, 2.45) is 22.2 Å². The maximum atomic E-state index is 12.5. The number of amides is 1. The minimum Gasteiger partial charge on any atom is -0.465 e. The Morgan fingerprint density at radius 2 is 1.60 bits per heavy atom. The Morgan fingerprint density at radius 3 is 1.90 bits per heavy atom. The van der Waals surface area contributed by atoms with Crippen LogP contribution in [0, 0.1) is 22.2 Å². The number of carbonyl (C=O) groups is 2. The predicted octanol–water partition coefficient (Wildman–Crippen LogP) is 2.76. The highest BCUT2D eigenvalue weighted by atomic mass is 16.5. The number of hydrogen-bond donors (Lipinski definition) is 1. The molecule has 1 rings (SSSR count). The topological polar surface area (TPSA) is 55.4 Å². The summed E-state index contributed by atoms with van der Waals surface area (Å²) >= 11 is 0. The smallest absolute Gasteiger partial charge is 0.319 e. The van der Waals surface area contributed by atoms with Crippen LogP contribution in [0.4, 0.5) is 0 Å². The summed E-state index contributed by atoms with van der Waals surface area (Å²) in [5.74, 6) is -1.43. The first-order valence-electron chi connectivity index (χ1n) is 7.34. The Bertz CT molecular complexity index is 390. The summed E-state index contributed by atoms with van der Waals surface area (Å²) in [6, 6.07) is 0.0989. The molecule has 1 fully saturated rings. The normalized spacial score (nSPS) is 22.0. The van der Waals surface area contributed by atoms with Gasteiger partial charge in [-0.3, -0.25) is 9.59 Å². The van der Waals surface area contributed by atoms with E-state index < -0.39 is 17.3 Å². The number of ether oxygens (including phenoxy) is 1. The molecule has 1 aliphatic rings. The van der Waals surface area contributed by atoms with Gasteiger partial charge in [-0.1, -0.05) is 48.5 Å². The molecular formula is C16H29NO3. The molecule has 0 aromatic heterocycles. The molecular weight excluding hydrogens is 254 g/mol. The van der Waals surface area contributed by atoms with Crippen LogP contribution in [0.2, 0.25) is 0 Å². The van der Waals surface area contributed by atoms with Crippen molar-refractivity contribution in [3.8, 4) is 0 Å². The Labute approximate surface area is 122 Å². The first kappa shape index (κ1) is 17.0. The zero-order valence-electron chi connectivity index (χ0n) is 14.1. The van der Waals surface area contributed by atoms with Gasteiger partial charge >= 0.3 is 5.97 Å². The van der Waals surface area contributed by atoms with Gasteiger partial charge in [0.2, 0.25) is 5.91 Å². The van der Waals surface area contributed by atoms with Gasteiger partial charge in [0.25, 0.3) is 0 Å². The highest BCUT2D eigenvalue weighted by Crippen LogP contribution is 2.62. The number of esters is 1. The zero-order chi connectivity index (χ0) is 15.9. The van der Waals surface area contributed by atoms with Crippen LogP contribution in [-0.2, 0) is 14.3 Å². The molecule has 0 radical (unpaired) electrons. The minimum atomic E-state index is -0.769. The molecule has 1 N–H and O–H groups in total. The average Bonchev–Trinajstić information content (AvgIpc) is 2.59. The monoisotopic (exact) mass is 283 g/mol. The van der Waals surface area contributed by atoms with Crippen LogP contribution in [0.1, 0.15) is 55.4 Å². The fourth-order valence-electron chi connectivity index (χ4n) is 2.86. The van der Waals surface area contributed by atoms with Gasteiger partial charge in [-0.05, 0) is 23.2 Å². The maximum absolute atomic E-state index is 12.5. The van der Waals surface area contributed by atoms with Crippen molar-refractivity contribution < 1.29 is 14.3 Å². The molecule has 4 heteroatoms. The molecule has 1 amide bonds. The van der Waals surface area contributed by atoms with E-state index in [2.05, 4.69) is 33.0 Å². The van der Waals surface area contributed by atoms with Crippen molar-refractivity contribution in [1.29, 1.82) is 0 Å². The molecule has 1 unspecified atom stereocenters. The van der Waals surface area contributed by atoms with Gasteiger partial charge in [0.15, 0.2) is 0 Å². The lowest BCUT2D eigenvalue weighted by molar-refractivity contribution is -0.156. The van der Waals surface area contributed by atoms with Gasteiger partial charge in [0, 0.05) is 6.04 Å². The molecule has 1 aliphatic carbocycles. The summed E-state index contributed by atoms with van der Waals surface area (Å²) in [6.45, 7) is 16.2. The van der Waals surface area contributed by atoms with Crippen molar-refractivity contribution in [3.05, 3.63) is 0 Å². The van der Waals surface area contributed by atoms with E-state index >= 15 is 0 Å². The quantitative estimate of drug-likeness (QED) is 0.637. The van der Waals surface area contributed by atoms with Crippen molar-refractivity contribution >= 4 is 11.9 Å². The van der Waals surface area contributed by atoms with Crippen molar-refractivity contribution in [3.63, 3.8) is 0 Å². The SMILES string of the molecule is CCOC(=O)C(C(=O)NC1C(C)(C)C1(C)C)C(C)(C)C. The molecule has 0 bridgehead atoms. The molecule has 0 saturated heterocycles. The van der Waals surface area contributed by atoms with Crippen molar-refractivity contribution in [2.45, 2.75) is 61.4 Å². The predicted molar refractivity (Wildman–Crippen MR) is 79.1 cm³/mol. The minimum absolute atomic E-state index is 0.0553. The molecule has 1 atom stereocenters. The van der Waals surface area contributed by atoms with E-state index in [-0.39, 0.29) is 22.8 Å². The highest BCUT2D eigenvalue weighted by Gasteiger charge is 2.66. The maximum Gasteiger partial charge on any atom is 0.319 e. The van der Waals surface area contributed by atoms with Crippen LogP contribution >= 0.6 is 0 Å². The standard InChI is InChI=1S/C16H29NO3/c1-9-20-12(19)10(14(2,3)4)11(18)17-13-15(5,6)16(13,7)8/h10,13H,9H2,1-8H3,(H,17,18). The Hall–Kier alpha value is -1.06. The Kier molecular flexibility index (Phi) is 4.29. The van der Waals surface area contributed by atoms with E-state index in [4.69, 9.17) is 4.74 Å². The van der Waals surface area contributed by atoms with E-state index in [1.807, 2.05) is 20.8 Å². The fraction of sp³-hybridized carbons (Fsp3) is 0.875. The Balaban J connectivity index is 2.84. The van der Waals surface area contributed by atoms with Crippen LogP contribution in [0.3, 0.4) is 0 Å². The first-order valence-corrected chi connectivity index (χ1v) is 7.34. The van der Waals surface area contributed by atoms with Gasteiger partial charge in [0.1, 0.15) is 5.92 Å². The van der Waals surface area contributed by atoms with Crippen LogP contribution in [0.5, 0.6) is 0 Å². The van der Waals surface area contributed by atoms with E-state index in [0.29, 0.717) is 6.61 Å². The lowest BCUT2D eigenvalue weighted by atomic mass is 9.80. The van der Waals surface area contributed by atoms with Crippen molar-refractivity contribution in [2.75, 3.05) is 6.61 Å². The van der Waals surface area contributed by atoms with Crippen LogP contribution < -0.4 is 5.32 Å². The number of carbonyl (C=O) groups excluding carboxylic acids is 2. The van der Waals surface area contributed by atoms with E-state index in [9.17, 15) is 9.59 Å². The fourth-order valence-corrected chi connectivity index (χ4v) is 2.86. The molecule has 116 valence electrons. The molecule has 0 spiro atoms.